The molecule has 8 heteroatoms. The molecule has 0 saturated carbocycles. The van der Waals surface area contributed by atoms with E-state index >= 15 is 0 Å². The Balaban J connectivity index is 1.66. The number of esters is 1. The molecule has 2 bridgehead atoms. The van der Waals surface area contributed by atoms with E-state index in [0.717, 1.165) is 19.5 Å². The predicted molar refractivity (Wildman–Crippen MR) is 132 cm³/mol. The summed E-state index contributed by atoms with van der Waals surface area (Å²) in [7, 11) is 1.58. The molecule has 3 aliphatic heterocycles. The number of benzene rings is 2. The number of methoxy groups -OCH3 is 1. The molecule has 3 fully saturated rings. The van der Waals surface area contributed by atoms with Crippen molar-refractivity contribution in [2.45, 2.75) is 24.7 Å². The normalized spacial score (nSPS) is 25.1. The summed E-state index contributed by atoms with van der Waals surface area (Å²) >= 11 is 6.01. The second kappa shape index (κ2) is 9.59. The molecule has 5 atom stereocenters. The van der Waals surface area contributed by atoms with Crippen molar-refractivity contribution in [3.05, 3.63) is 83.5 Å². The zero-order valence-electron chi connectivity index (χ0n) is 19.4. The lowest BCUT2D eigenvalue weighted by molar-refractivity contribution is -0.418. The minimum absolute atomic E-state index is 0.298. The van der Waals surface area contributed by atoms with Gasteiger partial charge in [-0.05, 0) is 79.8 Å². The molecule has 3 aromatic rings. The van der Waals surface area contributed by atoms with Crippen LogP contribution in [-0.4, -0.2) is 47.4 Å². The average Bonchev–Trinajstić information content (AvgIpc) is 2.91. The van der Waals surface area contributed by atoms with Crippen molar-refractivity contribution in [3.8, 4) is 5.75 Å². The van der Waals surface area contributed by atoms with Crippen molar-refractivity contribution >= 4 is 28.5 Å². The van der Waals surface area contributed by atoms with E-state index in [0.29, 0.717) is 51.1 Å². The molecule has 0 spiro atoms. The van der Waals surface area contributed by atoms with Gasteiger partial charge in [-0.3, -0.25) is 9.88 Å². The number of fused-ring (bicyclic) bond motifs is 4. The molecule has 3 saturated heterocycles. The maximum Gasteiger partial charge on any atom is 0.341 e. The monoisotopic (exact) mass is 494 g/mol. The van der Waals surface area contributed by atoms with Gasteiger partial charge in [-0.25, -0.2) is 10.1 Å². The summed E-state index contributed by atoms with van der Waals surface area (Å²) in [5.41, 5.74) is 1.46. The van der Waals surface area contributed by atoms with Gasteiger partial charge in [0.25, 0.3) is 5.79 Å². The van der Waals surface area contributed by atoms with Crippen LogP contribution in [0.4, 0.5) is 0 Å². The van der Waals surface area contributed by atoms with Crippen LogP contribution in [-0.2, 0) is 15.4 Å². The predicted octanol–water partition coefficient (Wildman–Crippen LogP) is 5.29. The molecule has 0 radical (unpaired) electrons. The molecule has 7 nitrogen and oxygen atoms in total. The standard InChI is InChI=1S/C27H27ClN2O5/c1-3-17-16-30-13-11-19(17)14-25(30)27(35-32,34-26(31)18-4-6-20(28)7-5-18)23-10-12-29-24-9-8-21(33-2)15-22(23)24/h3-10,12,15,17,19,25,32H,1,11,13-14,16H2,2H3/t17-,19-,25+,27-/m0/s1. The highest BCUT2D eigenvalue weighted by Gasteiger charge is 2.55. The van der Waals surface area contributed by atoms with Crippen LogP contribution >= 0.6 is 11.6 Å². The fourth-order valence-corrected chi connectivity index (χ4v) is 5.63. The molecule has 0 amide bonds. The van der Waals surface area contributed by atoms with E-state index in [-0.39, 0.29) is 0 Å². The summed E-state index contributed by atoms with van der Waals surface area (Å²) in [5, 5.41) is 11.7. The SMILES string of the molecule is C=C[C@H]1CN2CC[C@H]1C[C@@H]2[C@](OO)(OC(=O)c1ccc(Cl)cc1)c1ccnc2ccc(OC)cc12. The van der Waals surface area contributed by atoms with Gasteiger partial charge in [0.2, 0.25) is 0 Å². The number of piperidine rings is 3. The van der Waals surface area contributed by atoms with Crippen molar-refractivity contribution in [1.29, 1.82) is 0 Å². The van der Waals surface area contributed by atoms with Crippen LogP contribution in [0.3, 0.4) is 0 Å². The summed E-state index contributed by atoms with van der Waals surface area (Å²) in [6.45, 7) is 5.54. The van der Waals surface area contributed by atoms with Crippen molar-refractivity contribution in [2.24, 2.45) is 11.8 Å². The minimum Gasteiger partial charge on any atom is -0.497 e. The van der Waals surface area contributed by atoms with E-state index in [1.807, 2.05) is 18.2 Å². The van der Waals surface area contributed by atoms with Crippen LogP contribution in [0.2, 0.25) is 5.02 Å². The lowest BCUT2D eigenvalue weighted by atomic mass is 9.72. The first-order valence-corrected chi connectivity index (χ1v) is 12.0. The van der Waals surface area contributed by atoms with E-state index in [4.69, 9.17) is 26.0 Å². The third-order valence-corrected chi connectivity index (χ3v) is 7.58. The molecule has 0 aliphatic carbocycles. The zero-order chi connectivity index (χ0) is 24.6. The Hall–Kier alpha value is -2.97. The van der Waals surface area contributed by atoms with Gasteiger partial charge >= 0.3 is 5.97 Å². The zero-order valence-corrected chi connectivity index (χ0v) is 20.1. The first kappa shape index (κ1) is 23.8. The number of nitrogens with zero attached hydrogens (tertiary/aromatic N) is 2. The van der Waals surface area contributed by atoms with Gasteiger partial charge in [0.15, 0.2) is 0 Å². The smallest absolute Gasteiger partial charge is 0.341 e. The van der Waals surface area contributed by atoms with Crippen LogP contribution < -0.4 is 4.74 Å². The number of ether oxygens (including phenoxy) is 2. The highest BCUT2D eigenvalue weighted by molar-refractivity contribution is 6.30. The van der Waals surface area contributed by atoms with Crippen molar-refractivity contribution in [2.75, 3.05) is 20.2 Å². The van der Waals surface area contributed by atoms with Gasteiger partial charge in [0.05, 0.1) is 24.2 Å². The molecule has 182 valence electrons. The number of rotatable bonds is 7. The number of aromatic nitrogens is 1. The Bertz CT molecular complexity index is 1250. The summed E-state index contributed by atoms with van der Waals surface area (Å²) in [5.74, 6) is -1.15. The second-order valence-electron chi connectivity index (χ2n) is 9.09. The van der Waals surface area contributed by atoms with E-state index < -0.39 is 17.8 Å². The summed E-state index contributed by atoms with van der Waals surface area (Å²) < 4.78 is 11.6. The molecular weight excluding hydrogens is 468 g/mol. The van der Waals surface area contributed by atoms with Crippen LogP contribution in [0.5, 0.6) is 5.75 Å². The number of carbonyl (C=O) groups excluding carboxylic acids is 1. The quantitative estimate of drug-likeness (QED) is 0.157. The summed E-state index contributed by atoms with van der Waals surface area (Å²) in [6, 6.07) is 13.1. The van der Waals surface area contributed by atoms with Crippen LogP contribution in [0.1, 0.15) is 28.8 Å². The maximum atomic E-state index is 13.4. The molecule has 1 unspecified atom stereocenters. The maximum absolute atomic E-state index is 13.4. The Morgan fingerprint density at radius 1 is 1.26 bits per heavy atom. The van der Waals surface area contributed by atoms with Gasteiger partial charge in [0.1, 0.15) is 5.75 Å². The second-order valence-corrected chi connectivity index (χ2v) is 9.53. The van der Waals surface area contributed by atoms with Crippen molar-refractivity contribution in [3.63, 3.8) is 0 Å². The van der Waals surface area contributed by atoms with Gasteiger partial charge in [-0.2, -0.15) is 4.89 Å². The third-order valence-electron chi connectivity index (χ3n) is 7.33. The van der Waals surface area contributed by atoms with Crippen molar-refractivity contribution in [1.82, 2.24) is 9.88 Å². The molecule has 4 heterocycles. The molecule has 1 aromatic heterocycles. The number of pyridine rings is 1. The van der Waals surface area contributed by atoms with Gasteiger partial charge in [-0.15, -0.1) is 6.58 Å². The number of hydrogen-bond acceptors (Lipinski definition) is 7. The van der Waals surface area contributed by atoms with Gasteiger partial charge < -0.3 is 9.47 Å². The highest BCUT2D eigenvalue weighted by Crippen LogP contribution is 2.47. The highest BCUT2D eigenvalue weighted by atomic mass is 35.5. The third kappa shape index (κ3) is 4.19. The number of hydrogen-bond donors (Lipinski definition) is 1. The Morgan fingerprint density at radius 2 is 2.06 bits per heavy atom. The molecule has 35 heavy (non-hydrogen) atoms. The van der Waals surface area contributed by atoms with Gasteiger partial charge in [0, 0.05) is 28.7 Å². The molecule has 2 aromatic carbocycles. The van der Waals surface area contributed by atoms with E-state index in [2.05, 4.69) is 16.5 Å². The number of carbonyl (C=O) groups is 1. The first-order chi connectivity index (χ1) is 17.0. The largest absolute Gasteiger partial charge is 0.497 e. The van der Waals surface area contributed by atoms with E-state index in [1.165, 1.54) is 0 Å². The molecule has 1 N–H and O–H groups in total. The topological polar surface area (TPSA) is 81.1 Å². The fraction of sp³-hybridized carbons (Fsp3) is 0.333. The lowest BCUT2D eigenvalue weighted by Gasteiger charge is -2.53. The average molecular weight is 495 g/mol. The Kier molecular flexibility index (Phi) is 6.51. The Morgan fingerprint density at radius 3 is 2.71 bits per heavy atom. The van der Waals surface area contributed by atoms with Crippen LogP contribution in [0.25, 0.3) is 10.9 Å². The number of halogens is 1. The molecular formula is C27H27ClN2O5. The lowest BCUT2D eigenvalue weighted by Crippen LogP contribution is -2.62. The van der Waals surface area contributed by atoms with E-state index in [1.54, 1.807) is 49.7 Å². The molecule has 3 aliphatic rings. The minimum atomic E-state index is -1.80. The Labute approximate surface area is 208 Å². The first-order valence-electron chi connectivity index (χ1n) is 11.6. The van der Waals surface area contributed by atoms with Crippen molar-refractivity contribution < 1.29 is 24.4 Å². The van der Waals surface area contributed by atoms with Crippen LogP contribution in [0.15, 0.2) is 67.4 Å². The fourth-order valence-electron chi connectivity index (χ4n) is 5.50. The molecule has 6 rings (SSSR count). The van der Waals surface area contributed by atoms with Crippen LogP contribution in [0, 0.1) is 11.8 Å². The van der Waals surface area contributed by atoms with E-state index in [9.17, 15) is 10.1 Å². The van der Waals surface area contributed by atoms with Gasteiger partial charge in [-0.1, -0.05) is 17.7 Å². The summed E-state index contributed by atoms with van der Waals surface area (Å²) in [6.07, 6.45) is 5.28. The summed E-state index contributed by atoms with van der Waals surface area (Å²) in [4.78, 5) is 25.3.